The van der Waals surface area contributed by atoms with Gasteiger partial charge < -0.3 is 9.80 Å². The minimum Gasteiger partial charge on any atom is -0.355 e. The van der Waals surface area contributed by atoms with Gasteiger partial charge in [-0.2, -0.15) is 16.7 Å². The molecule has 2 heterocycles. The fourth-order valence-electron chi connectivity index (χ4n) is 3.13. The number of hydrogen-bond donors (Lipinski definition) is 0. The molecular formula is C20H27IN4S. The molecule has 140 valence electrons. The van der Waals surface area contributed by atoms with Crippen molar-refractivity contribution in [3.63, 3.8) is 0 Å². The maximum Gasteiger partial charge on any atom is 0.232 e. The Labute approximate surface area is 174 Å². The molecule has 4 nitrogen and oxygen atoms in total. The molecule has 26 heavy (non-hydrogen) atoms. The number of halogens is 1. The number of rotatable bonds is 5. The zero-order valence-electron chi connectivity index (χ0n) is 16.0. The van der Waals surface area contributed by atoms with Crippen LogP contribution < -0.4 is 9.80 Å². The molecule has 0 atom stereocenters. The van der Waals surface area contributed by atoms with Crippen molar-refractivity contribution in [2.45, 2.75) is 33.6 Å². The largest absolute Gasteiger partial charge is 0.355 e. The first kappa shape index (κ1) is 19.7. The zero-order chi connectivity index (χ0) is 18.7. The van der Waals surface area contributed by atoms with Crippen LogP contribution in [0.4, 0.5) is 17.5 Å². The summed E-state index contributed by atoms with van der Waals surface area (Å²) in [6.07, 6.45) is 0. The fourth-order valence-corrected chi connectivity index (χ4v) is 4.87. The summed E-state index contributed by atoms with van der Waals surface area (Å²) in [7, 11) is 0. The van der Waals surface area contributed by atoms with Crippen LogP contribution in [-0.4, -0.2) is 41.1 Å². The van der Waals surface area contributed by atoms with Gasteiger partial charge in [-0.25, -0.2) is 4.98 Å². The van der Waals surface area contributed by atoms with E-state index in [2.05, 4.69) is 84.4 Å². The Morgan fingerprint density at radius 1 is 1.19 bits per heavy atom. The summed E-state index contributed by atoms with van der Waals surface area (Å²) >= 11 is 4.45. The smallest absolute Gasteiger partial charge is 0.232 e. The topological polar surface area (TPSA) is 32.3 Å². The number of thioether (sulfide) groups is 1. The summed E-state index contributed by atoms with van der Waals surface area (Å²) in [5.74, 6) is 4.73. The third-order valence-corrected chi connectivity index (χ3v) is 6.46. The van der Waals surface area contributed by atoms with Crippen molar-refractivity contribution in [1.29, 1.82) is 0 Å². The van der Waals surface area contributed by atoms with E-state index in [9.17, 15) is 0 Å². The van der Waals surface area contributed by atoms with Crippen molar-refractivity contribution >= 4 is 51.8 Å². The molecule has 6 heteroatoms. The minimum absolute atomic E-state index is 0.534. The number of nitrogens with zero attached hydrogens (tertiary/aromatic N) is 4. The molecular weight excluding hydrogens is 455 g/mol. The number of aromatic nitrogens is 2. The molecule has 1 saturated heterocycles. The Balaban J connectivity index is 1.96. The van der Waals surface area contributed by atoms with Crippen LogP contribution >= 0.6 is 34.4 Å². The highest BCUT2D eigenvalue weighted by Crippen LogP contribution is 2.31. The standard InChI is InChI=1S/C20H27IN4S/c1-5-25(18-7-6-16(14(2)3)13-17(18)21)20-22-15(4)12-19(23-20)24-8-10-26-11-9-24/h6-7,12-14H,5,8-11H2,1-4H3. The molecule has 1 fully saturated rings. The lowest BCUT2D eigenvalue weighted by atomic mass is 10.0. The monoisotopic (exact) mass is 482 g/mol. The summed E-state index contributed by atoms with van der Waals surface area (Å²) < 4.78 is 1.25. The molecule has 0 spiro atoms. The molecule has 0 N–H and O–H groups in total. The molecule has 1 aliphatic rings. The Morgan fingerprint density at radius 2 is 1.92 bits per heavy atom. The van der Waals surface area contributed by atoms with E-state index in [1.807, 2.05) is 11.8 Å². The van der Waals surface area contributed by atoms with Gasteiger partial charge in [0.1, 0.15) is 5.82 Å². The van der Waals surface area contributed by atoms with Crippen LogP contribution in [-0.2, 0) is 0 Å². The van der Waals surface area contributed by atoms with Gasteiger partial charge in [-0.1, -0.05) is 19.9 Å². The van der Waals surface area contributed by atoms with E-state index in [1.54, 1.807) is 0 Å². The summed E-state index contributed by atoms with van der Waals surface area (Å²) in [5, 5.41) is 0. The molecule has 0 amide bonds. The highest BCUT2D eigenvalue weighted by atomic mass is 127. The van der Waals surface area contributed by atoms with Crippen LogP contribution in [0.25, 0.3) is 0 Å². The normalized spacial score (nSPS) is 14.8. The van der Waals surface area contributed by atoms with Crippen LogP contribution in [0.5, 0.6) is 0 Å². The molecule has 2 aromatic rings. The first-order valence-corrected chi connectivity index (χ1v) is 11.5. The SMILES string of the molecule is CCN(c1nc(C)cc(N2CCSCC2)n1)c1ccc(C(C)C)cc1I. The van der Waals surface area contributed by atoms with Crippen LogP contribution in [0.3, 0.4) is 0 Å². The average Bonchev–Trinajstić information content (AvgIpc) is 2.64. The van der Waals surface area contributed by atoms with Crippen molar-refractivity contribution in [3.05, 3.63) is 39.1 Å². The molecule has 1 aliphatic heterocycles. The Morgan fingerprint density at radius 3 is 2.54 bits per heavy atom. The zero-order valence-corrected chi connectivity index (χ0v) is 19.0. The lowest BCUT2D eigenvalue weighted by molar-refractivity contribution is 0.824. The van der Waals surface area contributed by atoms with Crippen molar-refractivity contribution in [2.75, 3.05) is 40.9 Å². The fraction of sp³-hybridized carbons (Fsp3) is 0.500. The molecule has 1 aromatic heterocycles. The molecule has 1 aromatic carbocycles. The summed E-state index contributed by atoms with van der Waals surface area (Å²) in [6, 6.07) is 8.83. The first-order chi connectivity index (χ1) is 12.5. The molecule has 0 saturated carbocycles. The highest BCUT2D eigenvalue weighted by Gasteiger charge is 2.19. The Hall–Kier alpha value is -1.02. The van der Waals surface area contributed by atoms with Crippen LogP contribution in [0, 0.1) is 10.5 Å². The van der Waals surface area contributed by atoms with Crippen molar-refractivity contribution in [2.24, 2.45) is 0 Å². The van der Waals surface area contributed by atoms with Gasteiger partial charge in [0.25, 0.3) is 0 Å². The van der Waals surface area contributed by atoms with Crippen molar-refractivity contribution in [3.8, 4) is 0 Å². The second kappa shape index (κ2) is 8.78. The lowest BCUT2D eigenvalue weighted by Crippen LogP contribution is -2.33. The van der Waals surface area contributed by atoms with Gasteiger partial charge in [0, 0.05) is 46.5 Å². The van der Waals surface area contributed by atoms with Gasteiger partial charge in [-0.3, -0.25) is 0 Å². The number of benzene rings is 1. The van der Waals surface area contributed by atoms with Gasteiger partial charge in [0.05, 0.1) is 5.69 Å². The summed E-state index contributed by atoms with van der Waals surface area (Å²) in [5.41, 5.74) is 3.57. The van der Waals surface area contributed by atoms with Crippen LogP contribution in [0.2, 0.25) is 0 Å². The van der Waals surface area contributed by atoms with E-state index in [1.165, 1.54) is 26.3 Å². The number of anilines is 3. The van der Waals surface area contributed by atoms with E-state index in [4.69, 9.17) is 9.97 Å². The maximum absolute atomic E-state index is 4.93. The van der Waals surface area contributed by atoms with Crippen LogP contribution in [0.1, 0.15) is 37.9 Å². The summed E-state index contributed by atoms with van der Waals surface area (Å²) in [4.78, 5) is 14.3. The van der Waals surface area contributed by atoms with Gasteiger partial charge in [-0.05, 0) is 60.1 Å². The average molecular weight is 482 g/mol. The quantitative estimate of drug-likeness (QED) is 0.546. The third kappa shape index (κ3) is 4.44. The van der Waals surface area contributed by atoms with Crippen LogP contribution in [0.15, 0.2) is 24.3 Å². The van der Waals surface area contributed by atoms with Crippen molar-refractivity contribution < 1.29 is 0 Å². The predicted octanol–water partition coefficient (Wildman–Crippen LogP) is 5.22. The van der Waals surface area contributed by atoms with Gasteiger partial charge in [0.2, 0.25) is 5.95 Å². The first-order valence-electron chi connectivity index (χ1n) is 9.25. The molecule has 0 aliphatic carbocycles. The number of hydrogen-bond acceptors (Lipinski definition) is 5. The second-order valence-electron chi connectivity index (χ2n) is 6.88. The molecule has 0 radical (unpaired) electrons. The molecule has 0 bridgehead atoms. The summed E-state index contributed by atoms with van der Waals surface area (Å²) in [6.45, 7) is 11.7. The highest BCUT2D eigenvalue weighted by molar-refractivity contribution is 14.1. The Kier molecular flexibility index (Phi) is 6.66. The van der Waals surface area contributed by atoms with Crippen molar-refractivity contribution in [1.82, 2.24) is 9.97 Å². The van der Waals surface area contributed by atoms with E-state index < -0.39 is 0 Å². The van der Waals surface area contributed by atoms with Gasteiger partial charge >= 0.3 is 0 Å². The lowest BCUT2D eigenvalue weighted by Gasteiger charge is -2.29. The van der Waals surface area contributed by atoms with E-state index >= 15 is 0 Å². The van der Waals surface area contributed by atoms with Gasteiger partial charge in [0.15, 0.2) is 0 Å². The van der Waals surface area contributed by atoms with E-state index in [0.717, 1.165) is 37.1 Å². The van der Waals surface area contributed by atoms with Gasteiger partial charge in [-0.15, -0.1) is 0 Å². The number of aryl methyl sites for hydroxylation is 1. The molecule has 0 unspecified atom stereocenters. The third-order valence-electron chi connectivity index (χ3n) is 4.65. The molecule has 3 rings (SSSR count). The predicted molar refractivity (Wildman–Crippen MR) is 122 cm³/mol. The minimum atomic E-state index is 0.534. The van der Waals surface area contributed by atoms with E-state index in [-0.39, 0.29) is 0 Å². The van der Waals surface area contributed by atoms with E-state index in [0.29, 0.717) is 5.92 Å². The maximum atomic E-state index is 4.93. The second-order valence-corrected chi connectivity index (χ2v) is 9.26. The Bertz CT molecular complexity index is 759.